The van der Waals surface area contributed by atoms with E-state index in [-0.39, 0.29) is 12.3 Å². The average molecular weight is 293 g/mol. The van der Waals surface area contributed by atoms with Gasteiger partial charge in [0, 0.05) is 6.54 Å². The first-order chi connectivity index (χ1) is 9.71. The van der Waals surface area contributed by atoms with E-state index < -0.39 is 11.7 Å². The highest BCUT2D eigenvalue weighted by Gasteiger charge is 2.23. The molecule has 5 heteroatoms. The van der Waals surface area contributed by atoms with Crippen LogP contribution in [0.2, 0.25) is 0 Å². The van der Waals surface area contributed by atoms with Crippen LogP contribution in [0.25, 0.3) is 0 Å². The molecule has 0 aliphatic carbocycles. The molecule has 0 saturated carbocycles. The average Bonchev–Trinajstić information content (AvgIpc) is 2.36. The summed E-state index contributed by atoms with van der Waals surface area (Å²) >= 11 is 0. The number of hydrogen-bond donors (Lipinski definition) is 0. The Morgan fingerprint density at radius 1 is 1.14 bits per heavy atom. The molecule has 0 heterocycles. The van der Waals surface area contributed by atoms with Gasteiger partial charge in [-0.1, -0.05) is 12.1 Å². The normalized spacial score (nSPS) is 10.9. The number of ketones is 1. The lowest BCUT2D eigenvalue weighted by Gasteiger charge is -2.26. The highest BCUT2D eigenvalue weighted by atomic mass is 16.6. The van der Waals surface area contributed by atoms with Crippen molar-refractivity contribution in [3.05, 3.63) is 29.8 Å². The zero-order valence-electron chi connectivity index (χ0n) is 13.3. The summed E-state index contributed by atoms with van der Waals surface area (Å²) in [5.41, 5.74) is 0.314. The molecule has 1 rings (SSSR count). The molecule has 5 nitrogen and oxygen atoms in total. The molecule has 0 N–H and O–H groups in total. The van der Waals surface area contributed by atoms with Crippen LogP contribution in [0.15, 0.2) is 24.3 Å². The molecule has 0 saturated heterocycles. The third-order valence-electron chi connectivity index (χ3n) is 2.60. The first kappa shape index (κ1) is 17.0. The van der Waals surface area contributed by atoms with Crippen molar-refractivity contribution in [1.29, 1.82) is 0 Å². The van der Waals surface area contributed by atoms with E-state index in [9.17, 15) is 9.59 Å². The van der Waals surface area contributed by atoms with Crippen molar-refractivity contribution in [3.63, 3.8) is 0 Å². The maximum atomic E-state index is 12.1. The van der Waals surface area contributed by atoms with Gasteiger partial charge in [0.1, 0.15) is 17.1 Å². The van der Waals surface area contributed by atoms with Crippen molar-refractivity contribution in [1.82, 2.24) is 4.90 Å². The Labute approximate surface area is 125 Å². The Bertz CT molecular complexity index is 488. The summed E-state index contributed by atoms with van der Waals surface area (Å²) < 4.78 is 10.4. The van der Waals surface area contributed by atoms with Crippen LogP contribution in [0, 0.1) is 0 Å². The van der Waals surface area contributed by atoms with Crippen molar-refractivity contribution in [2.75, 3.05) is 13.7 Å². The van der Waals surface area contributed by atoms with Crippen LogP contribution in [0.5, 0.6) is 5.75 Å². The third kappa shape index (κ3) is 6.29. The second-order valence-electron chi connectivity index (χ2n) is 5.89. The van der Waals surface area contributed by atoms with E-state index in [1.165, 1.54) is 11.8 Å². The second-order valence-corrected chi connectivity index (χ2v) is 5.89. The van der Waals surface area contributed by atoms with Crippen LogP contribution in [-0.2, 0) is 16.1 Å². The number of hydrogen-bond acceptors (Lipinski definition) is 4. The number of Topliss-reactive ketones (excluding diaryl/α,β-unsaturated/α-hetero) is 1. The number of benzene rings is 1. The van der Waals surface area contributed by atoms with Gasteiger partial charge in [0.05, 0.1) is 13.7 Å². The quantitative estimate of drug-likeness (QED) is 0.837. The van der Waals surface area contributed by atoms with Crippen LogP contribution in [-0.4, -0.2) is 36.0 Å². The van der Waals surface area contributed by atoms with Crippen molar-refractivity contribution in [2.45, 2.75) is 39.8 Å². The number of carbonyl (C=O) groups excluding carboxylic acids is 2. The lowest BCUT2D eigenvalue weighted by Crippen LogP contribution is -2.38. The molecule has 0 atom stereocenters. The summed E-state index contributed by atoms with van der Waals surface area (Å²) in [5.74, 6) is 0.656. The standard InChI is InChI=1S/C16H23NO4/c1-12(18)10-17(15(19)21-16(2,3)4)11-13-6-8-14(20-5)9-7-13/h6-9H,10-11H2,1-5H3. The maximum Gasteiger partial charge on any atom is 0.410 e. The predicted molar refractivity (Wildman–Crippen MR) is 80.3 cm³/mol. The fourth-order valence-corrected chi connectivity index (χ4v) is 1.73. The molecule has 0 aliphatic rings. The molecule has 0 spiro atoms. The minimum Gasteiger partial charge on any atom is -0.497 e. The third-order valence-corrected chi connectivity index (χ3v) is 2.60. The smallest absolute Gasteiger partial charge is 0.410 e. The van der Waals surface area contributed by atoms with Gasteiger partial charge in [-0.2, -0.15) is 0 Å². The van der Waals surface area contributed by atoms with Crippen molar-refractivity contribution in [3.8, 4) is 5.75 Å². The lowest BCUT2D eigenvalue weighted by molar-refractivity contribution is -0.118. The molecule has 0 bridgehead atoms. The molecule has 0 aromatic heterocycles. The molecule has 1 aromatic rings. The number of amides is 1. The summed E-state index contributed by atoms with van der Waals surface area (Å²) in [6, 6.07) is 7.35. The Hall–Kier alpha value is -2.04. The molecule has 116 valence electrons. The van der Waals surface area contributed by atoms with Gasteiger partial charge >= 0.3 is 6.09 Å². The Morgan fingerprint density at radius 3 is 2.14 bits per heavy atom. The molecule has 1 aromatic carbocycles. The molecular formula is C16H23NO4. The number of rotatable bonds is 5. The van der Waals surface area contributed by atoms with E-state index in [1.807, 2.05) is 24.3 Å². The first-order valence-corrected chi connectivity index (χ1v) is 6.81. The monoisotopic (exact) mass is 293 g/mol. The summed E-state index contributed by atoms with van der Waals surface area (Å²) in [5, 5.41) is 0. The van der Waals surface area contributed by atoms with Gasteiger partial charge in [0.25, 0.3) is 0 Å². The van der Waals surface area contributed by atoms with Gasteiger partial charge in [0.15, 0.2) is 0 Å². The molecule has 21 heavy (non-hydrogen) atoms. The van der Waals surface area contributed by atoms with Gasteiger partial charge in [0.2, 0.25) is 0 Å². The molecule has 0 radical (unpaired) electrons. The van der Waals surface area contributed by atoms with Gasteiger partial charge in [-0.3, -0.25) is 9.69 Å². The van der Waals surface area contributed by atoms with Gasteiger partial charge in [-0.05, 0) is 45.4 Å². The van der Waals surface area contributed by atoms with E-state index in [4.69, 9.17) is 9.47 Å². The molecular weight excluding hydrogens is 270 g/mol. The number of nitrogens with zero attached hydrogens (tertiary/aromatic N) is 1. The van der Waals surface area contributed by atoms with E-state index >= 15 is 0 Å². The van der Waals surface area contributed by atoms with Gasteiger partial charge in [-0.25, -0.2) is 4.79 Å². The zero-order chi connectivity index (χ0) is 16.0. The topological polar surface area (TPSA) is 55.8 Å². The number of ether oxygens (including phenoxy) is 2. The van der Waals surface area contributed by atoms with Crippen LogP contribution in [0.3, 0.4) is 0 Å². The minimum absolute atomic E-state index is 0.0287. The highest BCUT2D eigenvalue weighted by Crippen LogP contribution is 2.15. The minimum atomic E-state index is -0.591. The number of carbonyl (C=O) groups is 2. The molecule has 0 fully saturated rings. The van der Waals surface area contributed by atoms with Crippen LogP contribution in [0.4, 0.5) is 4.79 Å². The summed E-state index contributed by atoms with van der Waals surface area (Å²) in [7, 11) is 1.59. The van der Waals surface area contributed by atoms with E-state index in [2.05, 4.69) is 0 Å². The maximum absolute atomic E-state index is 12.1. The number of methoxy groups -OCH3 is 1. The van der Waals surface area contributed by atoms with E-state index in [0.717, 1.165) is 11.3 Å². The fraction of sp³-hybridized carbons (Fsp3) is 0.500. The molecule has 0 unspecified atom stereocenters. The van der Waals surface area contributed by atoms with Crippen molar-refractivity contribution < 1.29 is 19.1 Å². The summed E-state index contributed by atoms with van der Waals surface area (Å²) in [6.45, 7) is 7.18. The second kappa shape index (κ2) is 7.11. The van der Waals surface area contributed by atoms with Gasteiger partial charge in [-0.15, -0.1) is 0 Å². The largest absolute Gasteiger partial charge is 0.497 e. The first-order valence-electron chi connectivity index (χ1n) is 6.81. The highest BCUT2D eigenvalue weighted by molar-refractivity contribution is 5.82. The Morgan fingerprint density at radius 2 is 1.71 bits per heavy atom. The molecule has 0 aliphatic heterocycles. The van der Waals surface area contributed by atoms with Crippen LogP contribution in [0.1, 0.15) is 33.3 Å². The Balaban J connectivity index is 2.81. The predicted octanol–water partition coefficient (Wildman–Crippen LogP) is 3.02. The van der Waals surface area contributed by atoms with E-state index in [1.54, 1.807) is 27.9 Å². The van der Waals surface area contributed by atoms with Crippen molar-refractivity contribution >= 4 is 11.9 Å². The zero-order valence-corrected chi connectivity index (χ0v) is 13.3. The fourth-order valence-electron chi connectivity index (χ4n) is 1.73. The van der Waals surface area contributed by atoms with E-state index in [0.29, 0.717) is 6.54 Å². The SMILES string of the molecule is COc1ccc(CN(CC(C)=O)C(=O)OC(C)(C)C)cc1. The summed E-state index contributed by atoms with van der Waals surface area (Å²) in [4.78, 5) is 24.9. The Kier molecular flexibility index (Phi) is 5.76. The van der Waals surface area contributed by atoms with Crippen LogP contribution < -0.4 is 4.74 Å². The van der Waals surface area contributed by atoms with Crippen molar-refractivity contribution in [2.24, 2.45) is 0 Å². The van der Waals surface area contributed by atoms with Gasteiger partial charge < -0.3 is 9.47 Å². The summed E-state index contributed by atoms with van der Waals surface area (Å²) in [6.07, 6.45) is -0.492. The lowest BCUT2D eigenvalue weighted by atomic mass is 10.2. The van der Waals surface area contributed by atoms with Crippen LogP contribution >= 0.6 is 0 Å². The molecule has 1 amide bonds.